The van der Waals surface area contributed by atoms with Gasteiger partial charge >= 0.3 is 0 Å². The molecule has 1 atom stereocenters. The number of nitrogens with zero attached hydrogens (tertiary/aromatic N) is 1. The maximum atomic E-state index is 11.6. The SMILES string of the molecule is C=C[C@@H](CC)OCC(=O)N1CCOCC1. The van der Waals surface area contributed by atoms with Crippen molar-refractivity contribution in [2.24, 2.45) is 0 Å². The third kappa shape index (κ3) is 4.01. The van der Waals surface area contributed by atoms with E-state index in [4.69, 9.17) is 9.47 Å². The minimum Gasteiger partial charge on any atom is -0.378 e. The Morgan fingerprint density at radius 1 is 1.60 bits per heavy atom. The quantitative estimate of drug-likeness (QED) is 0.635. The second kappa shape index (κ2) is 6.58. The second-order valence-electron chi connectivity index (χ2n) is 3.49. The average molecular weight is 213 g/mol. The molecule has 4 nitrogen and oxygen atoms in total. The lowest BCUT2D eigenvalue weighted by Crippen LogP contribution is -2.42. The molecule has 0 radical (unpaired) electrons. The summed E-state index contributed by atoms with van der Waals surface area (Å²) in [4.78, 5) is 13.4. The van der Waals surface area contributed by atoms with Crippen LogP contribution < -0.4 is 0 Å². The molecule has 0 saturated carbocycles. The van der Waals surface area contributed by atoms with Crippen LogP contribution in [0.4, 0.5) is 0 Å². The van der Waals surface area contributed by atoms with E-state index >= 15 is 0 Å². The van der Waals surface area contributed by atoms with Crippen LogP contribution in [0.25, 0.3) is 0 Å². The Bertz CT molecular complexity index is 212. The summed E-state index contributed by atoms with van der Waals surface area (Å²) in [6, 6.07) is 0. The Kier molecular flexibility index (Phi) is 5.36. The van der Waals surface area contributed by atoms with Crippen molar-refractivity contribution in [2.45, 2.75) is 19.4 Å². The third-order valence-electron chi connectivity index (χ3n) is 2.45. The van der Waals surface area contributed by atoms with Gasteiger partial charge in [-0.2, -0.15) is 0 Å². The lowest BCUT2D eigenvalue weighted by atomic mass is 10.3. The largest absolute Gasteiger partial charge is 0.378 e. The van der Waals surface area contributed by atoms with Gasteiger partial charge in [-0.1, -0.05) is 13.0 Å². The van der Waals surface area contributed by atoms with Gasteiger partial charge in [0.15, 0.2) is 0 Å². The maximum absolute atomic E-state index is 11.6. The summed E-state index contributed by atoms with van der Waals surface area (Å²) in [5.74, 6) is 0.0404. The molecule has 1 aliphatic heterocycles. The first-order chi connectivity index (χ1) is 7.27. The van der Waals surface area contributed by atoms with Gasteiger partial charge in [-0.25, -0.2) is 0 Å². The van der Waals surface area contributed by atoms with Crippen LogP contribution >= 0.6 is 0 Å². The predicted octanol–water partition coefficient (Wildman–Crippen LogP) is 0.826. The van der Waals surface area contributed by atoms with Crippen LogP contribution in [0.2, 0.25) is 0 Å². The molecule has 0 aromatic carbocycles. The molecule has 0 aromatic heterocycles. The van der Waals surface area contributed by atoms with E-state index in [9.17, 15) is 4.79 Å². The van der Waals surface area contributed by atoms with E-state index in [0.717, 1.165) is 6.42 Å². The number of carbonyl (C=O) groups excluding carboxylic acids is 1. The van der Waals surface area contributed by atoms with E-state index in [0.29, 0.717) is 26.3 Å². The monoisotopic (exact) mass is 213 g/mol. The van der Waals surface area contributed by atoms with Crippen molar-refractivity contribution < 1.29 is 14.3 Å². The Balaban J connectivity index is 2.25. The van der Waals surface area contributed by atoms with Crippen molar-refractivity contribution >= 4 is 5.91 Å². The maximum Gasteiger partial charge on any atom is 0.248 e. The Morgan fingerprint density at radius 3 is 2.80 bits per heavy atom. The van der Waals surface area contributed by atoms with Gasteiger partial charge in [-0.3, -0.25) is 4.79 Å². The zero-order valence-corrected chi connectivity index (χ0v) is 9.28. The summed E-state index contributed by atoms with van der Waals surface area (Å²) in [7, 11) is 0. The molecule has 0 bridgehead atoms. The number of amides is 1. The Labute approximate surface area is 90.8 Å². The number of morpholine rings is 1. The zero-order chi connectivity index (χ0) is 11.1. The second-order valence-corrected chi connectivity index (χ2v) is 3.49. The zero-order valence-electron chi connectivity index (χ0n) is 9.28. The first kappa shape index (κ1) is 12.2. The topological polar surface area (TPSA) is 38.8 Å². The fourth-order valence-corrected chi connectivity index (χ4v) is 1.43. The molecule has 0 aromatic rings. The molecule has 1 aliphatic rings. The van der Waals surface area contributed by atoms with E-state index in [2.05, 4.69) is 6.58 Å². The van der Waals surface area contributed by atoms with E-state index in [1.807, 2.05) is 6.92 Å². The molecule has 86 valence electrons. The van der Waals surface area contributed by atoms with Crippen LogP contribution in [0.5, 0.6) is 0 Å². The van der Waals surface area contributed by atoms with Crippen LogP contribution in [0.1, 0.15) is 13.3 Å². The van der Waals surface area contributed by atoms with Gasteiger partial charge in [0.05, 0.1) is 19.3 Å². The van der Waals surface area contributed by atoms with Gasteiger partial charge in [-0.15, -0.1) is 6.58 Å². The summed E-state index contributed by atoms with van der Waals surface area (Å²) < 4.78 is 10.6. The summed E-state index contributed by atoms with van der Waals surface area (Å²) in [5, 5.41) is 0. The standard InChI is InChI=1S/C11H19NO3/c1-3-10(4-2)15-9-11(13)12-5-7-14-8-6-12/h3,10H,1,4-9H2,2H3/t10-/m0/s1. The molecule has 1 amide bonds. The van der Waals surface area contributed by atoms with Crippen molar-refractivity contribution in [3.8, 4) is 0 Å². The molecule has 1 rings (SSSR count). The Morgan fingerprint density at radius 2 is 2.27 bits per heavy atom. The van der Waals surface area contributed by atoms with E-state index in [1.54, 1.807) is 11.0 Å². The molecule has 15 heavy (non-hydrogen) atoms. The lowest BCUT2D eigenvalue weighted by molar-refractivity contribution is -0.141. The number of hydrogen-bond acceptors (Lipinski definition) is 3. The fourth-order valence-electron chi connectivity index (χ4n) is 1.43. The van der Waals surface area contributed by atoms with Crippen LogP contribution in [-0.2, 0) is 14.3 Å². The van der Waals surface area contributed by atoms with Crippen molar-refractivity contribution in [3.05, 3.63) is 12.7 Å². The van der Waals surface area contributed by atoms with Crippen molar-refractivity contribution in [1.82, 2.24) is 4.90 Å². The minimum atomic E-state index is -0.0185. The first-order valence-electron chi connectivity index (χ1n) is 5.37. The highest BCUT2D eigenvalue weighted by Crippen LogP contribution is 2.02. The lowest BCUT2D eigenvalue weighted by Gasteiger charge is -2.27. The van der Waals surface area contributed by atoms with Gasteiger partial charge in [0.2, 0.25) is 5.91 Å². The number of hydrogen-bond donors (Lipinski definition) is 0. The molecule has 4 heteroatoms. The summed E-state index contributed by atoms with van der Waals surface area (Å²) in [6.45, 7) is 8.41. The van der Waals surface area contributed by atoms with Crippen LogP contribution in [0.3, 0.4) is 0 Å². The highest BCUT2D eigenvalue weighted by atomic mass is 16.5. The molecular weight excluding hydrogens is 194 g/mol. The van der Waals surface area contributed by atoms with Crippen LogP contribution in [0.15, 0.2) is 12.7 Å². The van der Waals surface area contributed by atoms with Crippen molar-refractivity contribution in [1.29, 1.82) is 0 Å². The molecule has 0 unspecified atom stereocenters. The van der Waals surface area contributed by atoms with Crippen molar-refractivity contribution in [3.63, 3.8) is 0 Å². The number of ether oxygens (including phenoxy) is 2. The van der Waals surface area contributed by atoms with Gasteiger partial charge in [0.25, 0.3) is 0 Å². The van der Waals surface area contributed by atoms with Gasteiger partial charge in [0, 0.05) is 13.1 Å². The van der Waals surface area contributed by atoms with Crippen LogP contribution in [0, 0.1) is 0 Å². The fraction of sp³-hybridized carbons (Fsp3) is 0.727. The van der Waals surface area contributed by atoms with E-state index in [1.165, 1.54) is 0 Å². The predicted molar refractivity (Wildman–Crippen MR) is 57.6 cm³/mol. The van der Waals surface area contributed by atoms with Gasteiger partial charge < -0.3 is 14.4 Å². The third-order valence-corrected chi connectivity index (χ3v) is 2.45. The molecule has 1 saturated heterocycles. The van der Waals surface area contributed by atoms with Gasteiger partial charge in [-0.05, 0) is 6.42 Å². The Hall–Kier alpha value is -0.870. The molecule has 0 N–H and O–H groups in total. The normalized spacial score (nSPS) is 18.6. The van der Waals surface area contributed by atoms with Crippen LogP contribution in [-0.4, -0.2) is 49.8 Å². The molecule has 1 heterocycles. The number of rotatable bonds is 5. The number of carbonyl (C=O) groups is 1. The minimum absolute atomic E-state index is 0.0185. The molecule has 0 spiro atoms. The highest BCUT2D eigenvalue weighted by Gasteiger charge is 2.17. The van der Waals surface area contributed by atoms with Crippen molar-refractivity contribution in [2.75, 3.05) is 32.9 Å². The molecule has 0 aliphatic carbocycles. The van der Waals surface area contributed by atoms with E-state index in [-0.39, 0.29) is 18.6 Å². The summed E-state index contributed by atoms with van der Waals surface area (Å²) >= 11 is 0. The summed E-state index contributed by atoms with van der Waals surface area (Å²) in [6.07, 6.45) is 2.56. The summed E-state index contributed by atoms with van der Waals surface area (Å²) in [5.41, 5.74) is 0. The molecular formula is C11H19NO3. The van der Waals surface area contributed by atoms with E-state index < -0.39 is 0 Å². The first-order valence-corrected chi connectivity index (χ1v) is 5.37. The smallest absolute Gasteiger partial charge is 0.248 e. The average Bonchev–Trinajstić information content (AvgIpc) is 2.31. The molecule has 1 fully saturated rings. The highest BCUT2D eigenvalue weighted by molar-refractivity contribution is 5.77. The van der Waals surface area contributed by atoms with Gasteiger partial charge in [0.1, 0.15) is 6.61 Å².